The zero-order chi connectivity index (χ0) is 13.1. The van der Waals surface area contributed by atoms with Gasteiger partial charge in [0.25, 0.3) is 0 Å². The maximum atomic E-state index is 11.5. The van der Waals surface area contributed by atoms with Crippen molar-refractivity contribution in [1.82, 2.24) is 5.32 Å². The van der Waals surface area contributed by atoms with Crippen molar-refractivity contribution < 1.29 is 14.7 Å². The van der Waals surface area contributed by atoms with Crippen molar-refractivity contribution in [2.75, 3.05) is 0 Å². The molecule has 0 bridgehead atoms. The molecule has 2 N–H and O–H groups in total. The molecule has 1 aromatic rings. The summed E-state index contributed by atoms with van der Waals surface area (Å²) >= 11 is 1.53. The van der Waals surface area contributed by atoms with Gasteiger partial charge in [0.2, 0.25) is 5.91 Å². The van der Waals surface area contributed by atoms with Gasteiger partial charge in [-0.25, -0.2) is 4.79 Å². The van der Waals surface area contributed by atoms with E-state index in [2.05, 4.69) is 5.32 Å². The molecule has 0 aromatic carbocycles. The van der Waals surface area contributed by atoms with E-state index in [0.29, 0.717) is 0 Å². The monoisotopic (exact) mass is 253 g/mol. The van der Waals surface area contributed by atoms with Crippen LogP contribution in [0, 0.1) is 6.92 Å². The fourth-order valence-corrected chi connectivity index (χ4v) is 1.93. The zero-order valence-electron chi connectivity index (χ0n) is 9.98. The third kappa shape index (κ3) is 3.71. The summed E-state index contributed by atoms with van der Waals surface area (Å²) in [5, 5.41) is 13.2. The lowest BCUT2D eigenvalue weighted by Gasteiger charge is -2.19. The highest BCUT2D eigenvalue weighted by Crippen LogP contribution is 2.16. The van der Waals surface area contributed by atoms with Crippen LogP contribution in [0.5, 0.6) is 0 Å². The fraction of sp³-hybridized carbons (Fsp3) is 0.333. The average molecular weight is 253 g/mol. The molecule has 17 heavy (non-hydrogen) atoms. The van der Waals surface area contributed by atoms with Crippen LogP contribution in [-0.4, -0.2) is 22.5 Å². The summed E-state index contributed by atoms with van der Waals surface area (Å²) in [7, 11) is 0. The third-order valence-electron chi connectivity index (χ3n) is 2.26. The van der Waals surface area contributed by atoms with Crippen LogP contribution in [0.25, 0.3) is 6.08 Å². The predicted molar refractivity (Wildman–Crippen MR) is 67.9 cm³/mol. The molecule has 0 unspecified atom stereocenters. The van der Waals surface area contributed by atoms with E-state index in [9.17, 15) is 9.59 Å². The molecule has 1 amide bonds. The van der Waals surface area contributed by atoms with Crippen LogP contribution in [0.3, 0.4) is 0 Å². The standard InChI is InChI=1S/C12H15NO3S/c1-8-6-7-17-9(8)4-5-10(14)13-12(2,3)11(15)16/h4-7H,1-3H3,(H,13,14)(H,15,16)/b5-4+. The summed E-state index contributed by atoms with van der Waals surface area (Å²) in [6.45, 7) is 4.84. The average Bonchev–Trinajstić information content (AvgIpc) is 2.60. The van der Waals surface area contributed by atoms with E-state index in [-0.39, 0.29) is 0 Å². The van der Waals surface area contributed by atoms with E-state index in [1.54, 1.807) is 6.08 Å². The molecule has 4 nitrogen and oxygen atoms in total. The number of carbonyl (C=O) groups is 2. The van der Waals surface area contributed by atoms with Crippen LogP contribution in [-0.2, 0) is 9.59 Å². The third-order valence-corrected chi connectivity index (χ3v) is 3.24. The van der Waals surface area contributed by atoms with Crippen LogP contribution in [0.2, 0.25) is 0 Å². The summed E-state index contributed by atoms with van der Waals surface area (Å²) < 4.78 is 0. The van der Waals surface area contributed by atoms with Gasteiger partial charge in [-0.15, -0.1) is 11.3 Å². The van der Waals surface area contributed by atoms with E-state index in [4.69, 9.17) is 5.11 Å². The molecule has 5 heteroatoms. The number of aliphatic carboxylic acids is 1. The van der Waals surface area contributed by atoms with Crippen molar-refractivity contribution in [2.45, 2.75) is 26.3 Å². The van der Waals surface area contributed by atoms with Crippen LogP contribution in [0.15, 0.2) is 17.5 Å². The van der Waals surface area contributed by atoms with Gasteiger partial charge in [-0.3, -0.25) is 4.79 Å². The lowest BCUT2D eigenvalue weighted by atomic mass is 10.1. The summed E-state index contributed by atoms with van der Waals surface area (Å²) in [5.74, 6) is -1.48. The van der Waals surface area contributed by atoms with E-state index in [0.717, 1.165) is 10.4 Å². The van der Waals surface area contributed by atoms with E-state index >= 15 is 0 Å². The van der Waals surface area contributed by atoms with Gasteiger partial charge >= 0.3 is 5.97 Å². The van der Waals surface area contributed by atoms with Gasteiger partial charge in [0.15, 0.2) is 0 Å². The molecule has 0 aliphatic carbocycles. The predicted octanol–water partition coefficient (Wildman–Crippen LogP) is 2.05. The first kappa shape index (κ1) is 13.4. The number of amides is 1. The minimum atomic E-state index is -1.26. The van der Waals surface area contributed by atoms with Gasteiger partial charge in [-0.2, -0.15) is 0 Å². The van der Waals surface area contributed by atoms with Crippen molar-refractivity contribution in [3.8, 4) is 0 Å². The first-order valence-electron chi connectivity index (χ1n) is 5.10. The highest BCUT2D eigenvalue weighted by molar-refractivity contribution is 7.11. The Morgan fingerprint density at radius 2 is 2.12 bits per heavy atom. The van der Waals surface area contributed by atoms with Crippen molar-refractivity contribution in [3.05, 3.63) is 28.0 Å². The number of carboxylic acid groups (broad SMARTS) is 1. The van der Waals surface area contributed by atoms with E-state index in [1.165, 1.54) is 31.3 Å². The number of carbonyl (C=O) groups excluding carboxylic acids is 1. The lowest BCUT2D eigenvalue weighted by Crippen LogP contribution is -2.49. The Labute approximate surface area is 104 Å². The number of hydrogen-bond donors (Lipinski definition) is 2. The Morgan fingerprint density at radius 3 is 2.59 bits per heavy atom. The molecule has 1 heterocycles. The topological polar surface area (TPSA) is 66.4 Å². The van der Waals surface area contributed by atoms with Gasteiger partial charge in [-0.1, -0.05) is 0 Å². The molecule has 0 saturated carbocycles. The number of thiophene rings is 1. The van der Waals surface area contributed by atoms with Crippen molar-refractivity contribution in [2.24, 2.45) is 0 Å². The minimum absolute atomic E-state index is 0.412. The fourth-order valence-electron chi connectivity index (χ4n) is 1.11. The van der Waals surface area contributed by atoms with Gasteiger partial charge < -0.3 is 10.4 Å². The Balaban J connectivity index is 2.65. The van der Waals surface area contributed by atoms with E-state index in [1.807, 2.05) is 18.4 Å². The van der Waals surface area contributed by atoms with E-state index < -0.39 is 17.4 Å². The molecule has 0 aliphatic heterocycles. The highest BCUT2D eigenvalue weighted by Gasteiger charge is 2.27. The molecule has 0 saturated heterocycles. The van der Waals surface area contributed by atoms with Gasteiger partial charge in [0.05, 0.1) is 0 Å². The molecule has 0 aliphatic rings. The Morgan fingerprint density at radius 1 is 1.47 bits per heavy atom. The Bertz CT molecular complexity index is 460. The summed E-state index contributed by atoms with van der Waals surface area (Å²) in [4.78, 5) is 23.3. The second-order valence-corrected chi connectivity index (χ2v) is 5.17. The van der Waals surface area contributed by atoms with Crippen LogP contribution in [0.1, 0.15) is 24.3 Å². The molecule has 0 atom stereocenters. The Hall–Kier alpha value is -1.62. The van der Waals surface area contributed by atoms with Crippen LogP contribution >= 0.6 is 11.3 Å². The first-order chi connectivity index (χ1) is 7.83. The highest BCUT2D eigenvalue weighted by atomic mass is 32.1. The second-order valence-electron chi connectivity index (χ2n) is 4.22. The Kier molecular flexibility index (Phi) is 4.07. The molecule has 0 spiro atoms. The minimum Gasteiger partial charge on any atom is -0.480 e. The molecule has 0 fully saturated rings. The number of hydrogen-bond acceptors (Lipinski definition) is 3. The van der Waals surface area contributed by atoms with Gasteiger partial charge in [0, 0.05) is 11.0 Å². The van der Waals surface area contributed by atoms with Crippen molar-refractivity contribution in [3.63, 3.8) is 0 Å². The number of carboxylic acids is 1. The van der Waals surface area contributed by atoms with Crippen molar-refractivity contribution >= 4 is 29.3 Å². The summed E-state index contributed by atoms with van der Waals surface area (Å²) in [5.41, 5.74) is -0.164. The maximum absolute atomic E-state index is 11.5. The number of nitrogens with one attached hydrogen (secondary N) is 1. The quantitative estimate of drug-likeness (QED) is 0.807. The largest absolute Gasteiger partial charge is 0.480 e. The molecular weight excluding hydrogens is 238 g/mol. The summed E-state index contributed by atoms with van der Waals surface area (Å²) in [6.07, 6.45) is 3.04. The van der Waals surface area contributed by atoms with Gasteiger partial charge in [0.1, 0.15) is 5.54 Å². The smallest absolute Gasteiger partial charge is 0.328 e. The molecule has 1 rings (SSSR count). The van der Waals surface area contributed by atoms with Crippen LogP contribution < -0.4 is 5.32 Å². The van der Waals surface area contributed by atoms with Gasteiger partial charge in [-0.05, 0) is 43.9 Å². The lowest BCUT2D eigenvalue weighted by molar-refractivity contribution is -0.145. The maximum Gasteiger partial charge on any atom is 0.328 e. The SMILES string of the molecule is Cc1ccsc1/C=C/C(=O)NC(C)(C)C(=O)O. The molecular formula is C12H15NO3S. The van der Waals surface area contributed by atoms with Crippen molar-refractivity contribution in [1.29, 1.82) is 0 Å². The molecule has 0 radical (unpaired) electrons. The normalized spacial score (nSPS) is 11.7. The second kappa shape index (κ2) is 5.14. The number of aryl methyl sites for hydroxylation is 1. The molecule has 1 aromatic heterocycles. The summed E-state index contributed by atoms with van der Waals surface area (Å²) in [6, 6.07) is 1.96. The van der Waals surface area contributed by atoms with Crippen LogP contribution in [0.4, 0.5) is 0 Å². The zero-order valence-corrected chi connectivity index (χ0v) is 10.8. The number of rotatable bonds is 4. The molecule has 92 valence electrons. The first-order valence-corrected chi connectivity index (χ1v) is 5.98.